The second-order valence-corrected chi connectivity index (χ2v) is 32.4. The Morgan fingerprint density at radius 1 is 0.132 bits per heavy atom. The maximum Gasteiger partial charge on any atom is 0.0171 e. The lowest BCUT2D eigenvalue weighted by Crippen LogP contribution is -2.16. The van der Waals surface area contributed by atoms with Gasteiger partial charge in [0.15, 0.2) is 0 Å². The van der Waals surface area contributed by atoms with Crippen molar-refractivity contribution in [1.82, 2.24) is 0 Å². The molecule has 2 aliphatic carbocycles. The Balaban J connectivity index is 0.000000139. The van der Waals surface area contributed by atoms with Crippen molar-refractivity contribution in [2.24, 2.45) is 0 Å². The number of hydrogen-bond donors (Lipinski definition) is 0. The van der Waals surface area contributed by atoms with Crippen molar-refractivity contribution in [2.75, 3.05) is 0 Å². The molecule has 0 fully saturated rings. The highest BCUT2D eigenvalue weighted by atomic mass is 14.4. The second kappa shape index (κ2) is 26.3. The van der Waals surface area contributed by atoms with Crippen LogP contribution in [0, 0.1) is 0 Å². The smallest absolute Gasteiger partial charge is 0.0171 e. The number of fused-ring (bicyclic) bond motifs is 18. The lowest BCUT2D eigenvalue weighted by molar-refractivity contribution is 0.668. The molecule has 21 aromatic carbocycles. The van der Waals surface area contributed by atoms with Crippen LogP contribution < -0.4 is 0 Å². The van der Waals surface area contributed by atoms with Gasteiger partial charge in [0.1, 0.15) is 0 Å². The Hall–Kier alpha value is -14.0. The Bertz CT molecular complexity index is 7470. The number of rotatable bonds is 8. The molecular weight excluding hydrogens is 1370 g/mol. The molecule has 0 N–H and O–H groups in total. The Kier molecular flexibility index (Phi) is 15.4. The van der Waals surface area contributed by atoms with Gasteiger partial charge in [0.25, 0.3) is 0 Å². The van der Waals surface area contributed by atoms with Crippen LogP contribution in [0.3, 0.4) is 0 Å². The van der Waals surface area contributed by atoms with Crippen LogP contribution in [0.5, 0.6) is 0 Å². The van der Waals surface area contributed by atoms with Crippen molar-refractivity contribution < 1.29 is 0 Å². The molecule has 0 nitrogen and oxygen atoms in total. The van der Waals surface area contributed by atoms with Crippen LogP contribution in [0.1, 0.15) is 49.9 Å². The van der Waals surface area contributed by atoms with Crippen LogP contribution in [0.4, 0.5) is 0 Å². The van der Waals surface area contributed by atoms with Crippen LogP contribution in [-0.4, -0.2) is 0 Å². The van der Waals surface area contributed by atoms with E-state index in [1.54, 1.807) is 0 Å². The van der Waals surface area contributed by atoms with Gasteiger partial charge in [0.2, 0.25) is 0 Å². The highest BCUT2D eigenvalue weighted by molar-refractivity contribution is 6.24. The molecule has 0 atom stereocenters. The third kappa shape index (κ3) is 10.5. The molecule has 21 aromatic rings. The van der Waals surface area contributed by atoms with Gasteiger partial charge in [-0.3, -0.25) is 0 Å². The third-order valence-corrected chi connectivity index (χ3v) is 25.3. The van der Waals surface area contributed by atoms with Crippen LogP contribution in [0.25, 0.3) is 208 Å². The summed E-state index contributed by atoms with van der Waals surface area (Å²) in [7, 11) is 0. The standard InChI is InChI=1S/C59H40.C55H38/c1-59(2)57-44-23-6-3-16-37(44)32-33-53(57)52-31-15-30-45(58(52)59)38-18-13-20-41(34-38)55-48-26-9-11-28-50(48)56(51-29-12-10-27-49(51)55)42-21-14-19-39(35-42)54-36-40-17-4-5-22-43(40)46-24-7-8-25-47(46)54;1-55(2)53-43-18-6-5-14-37(43)31-32-50(53)49-24-12-23-44(54(49)55)41-16-11-17-42(34-41)52-47-21-9-7-19-45(47)51(46-20-8-10-22-48(46)52)38-28-25-36(26-29-38)40-30-27-35-13-3-4-15-39(35)33-40/h3-36H,1-2H3;3-34H,1-2H3. The Morgan fingerprint density at radius 3 is 0.860 bits per heavy atom. The van der Waals surface area contributed by atoms with Crippen molar-refractivity contribution in [3.05, 3.63) is 423 Å². The second-order valence-electron chi connectivity index (χ2n) is 32.4. The molecule has 0 saturated heterocycles. The zero-order valence-electron chi connectivity index (χ0n) is 64.1. The minimum absolute atomic E-state index is 0.150. The predicted octanol–water partition coefficient (Wildman–Crippen LogP) is 31.7. The molecule has 23 rings (SSSR count). The molecule has 0 unspecified atom stereocenters. The normalized spacial score (nSPS) is 13.1. The largest absolute Gasteiger partial charge is 0.0616 e. The van der Waals surface area contributed by atoms with Gasteiger partial charge in [-0.25, -0.2) is 0 Å². The summed E-state index contributed by atoms with van der Waals surface area (Å²) in [5, 5.41) is 23.1. The number of benzene rings is 21. The average Bonchev–Trinajstić information content (AvgIpc) is 1.53. The van der Waals surface area contributed by atoms with E-state index in [4.69, 9.17) is 0 Å². The first-order chi connectivity index (χ1) is 56.1. The fourth-order valence-electron chi connectivity index (χ4n) is 20.5. The Labute approximate surface area is 664 Å². The summed E-state index contributed by atoms with van der Waals surface area (Å²) >= 11 is 0. The van der Waals surface area contributed by atoms with Crippen LogP contribution in [0.15, 0.2) is 400 Å². The van der Waals surface area contributed by atoms with Gasteiger partial charge in [-0.2, -0.15) is 0 Å². The van der Waals surface area contributed by atoms with Crippen molar-refractivity contribution in [3.8, 4) is 111 Å². The summed E-state index contributed by atoms with van der Waals surface area (Å²) in [6.07, 6.45) is 0. The van der Waals surface area contributed by atoms with Crippen molar-refractivity contribution in [3.63, 3.8) is 0 Å². The SMILES string of the molecule is CC1(C)c2c(-c3cccc(-c4c5ccccc5c(-c5ccc(-c6ccc7ccccc7c6)cc5)c5ccccc45)c3)cccc2-c2ccc3ccccc3c21.CC1(C)c2c(-c3cccc(-c4c5ccccc5c(-c5cccc(-c6cc7ccccc7c7ccccc67)c5)c5ccccc45)c3)cccc2-c2ccc3ccccc3c21. The van der Waals surface area contributed by atoms with E-state index in [1.165, 1.54) is 230 Å². The van der Waals surface area contributed by atoms with E-state index in [2.05, 4.69) is 428 Å². The molecule has 0 heteroatoms. The molecular formula is C114H78. The molecule has 0 bridgehead atoms. The fraction of sp³-hybridized carbons (Fsp3) is 0.0526. The van der Waals surface area contributed by atoms with E-state index in [1.807, 2.05) is 0 Å². The molecule has 114 heavy (non-hydrogen) atoms. The molecule has 0 radical (unpaired) electrons. The van der Waals surface area contributed by atoms with Gasteiger partial charge < -0.3 is 0 Å². The highest BCUT2D eigenvalue weighted by Gasteiger charge is 2.41. The van der Waals surface area contributed by atoms with Crippen LogP contribution >= 0.6 is 0 Å². The van der Waals surface area contributed by atoms with E-state index in [9.17, 15) is 0 Å². The summed E-state index contributed by atoms with van der Waals surface area (Å²) < 4.78 is 0. The number of hydrogen-bond acceptors (Lipinski definition) is 0. The lowest BCUT2D eigenvalue weighted by atomic mass is 9.77. The summed E-state index contributed by atoms with van der Waals surface area (Å²) in [5.41, 5.74) is 30.9. The van der Waals surface area contributed by atoms with E-state index in [0.717, 1.165) is 0 Å². The highest BCUT2D eigenvalue weighted by Crippen LogP contribution is 2.58. The van der Waals surface area contributed by atoms with Gasteiger partial charge in [-0.15, -0.1) is 0 Å². The Morgan fingerprint density at radius 2 is 0.421 bits per heavy atom. The van der Waals surface area contributed by atoms with Crippen molar-refractivity contribution >= 4 is 97.0 Å². The summed E-state index contributed by atoms with van der Waals surface area (Å²) in [6, 6.07) is 149. The van der Waals surface area contributed by atoms with E-state index < -0.39 is 0 Å². The first kappa shape index (κ1) is 66.9. The predicted molar refractivity (Wildman–Crippen MR) is 489 cm³/mol. The van der Waals surface area contributed by atoms with Crippen LogP contribution in [0.2, 0.25) is 0 Å². The van der Waals surface area contributed by atoms with E-state index in [0.29, 0.717) is 0 Å². The molecule has 2 aliphatic rings. The van der Waals surface area contributed by atoms with Crippen LogP contribution in [-0.2, 0) is 10.8 Å². The molecule has 0 aliphatic heterocycles. The van der Waals surface area contributed by atoms with Gasteiger partial charge >= 0.3 is 0 Å². The van der Waals surface area contributed by atoms with Crippen molar-refractivity contribution in [1.29, 1.82) is 0 Å². The fourth-order valence-corrected chi connectivity index (χ4v) is 20.5. The minimum atomic E-state index is -0.160. The maximum atomic E-state index is 2.44. The summed E-state index contributed by atoms with van der Waals surface area (Å²) in [6.45, 7) is 9.64. The zero-order chi connectivity index (χ0) is 75.9. The van der Waals surface area contributed by atoms with Gasteiger partial charge in [0.05, 0.1) is 0 Å². The lowest BCUT2D eigenvalue weighted by Gasteiger charge is -2.26. The van der Waals surface area contributed by atoms with E-state index >= 15 is 0 Å². The molecule has 0 heterocycles. The first-order valence-electron chi connectivity index (χ1n) is 40.1. The minimum Gasteiger partial charge on any atom is -0.0616 e. The molecule has 0 spiro atoms. The first-order valence-corrected chi connectivity index (χ1v) is 40.1. The molecule has 0 amide bonds. The quantitative estimate of drug-likeness (QED) is 0.105. The summed E-state index contributed by atoms with van der Waals surface area (Å²) in [5.74, 6) is 0. The van der Waals surface area contributed by atoms with E-state index in [-0.39, 0.29) is 10.8 Å². The topological polar surface area (TPSA) is 0 Å². The van der Waals surface area contributed by atoms with Gasteiger partial charge in [-0.05, 0) is 261 Å². The molecule has 534 valence electrons. The van der Waals surface area contributed by atoms with Gasteiger partial charge in [0, 0.05) is 10.8 Å². The molecule has 0 aromatic heterocycles. The third-order valence-electron chi connectivity index (χ3n) is 25.3. The maximum absolute atomic E-state index is 2.44. The summed E-state index contributed by atoms with van der Waals surface area (Å²) in [4.78, 5) is 0. The zero-order valence-corrected chi connectivity index (χ0v) is 64.1. The average molecular weight is 1450 g/mol. The van der Waals surface area contributed by atoms with Gasteiger partial charge in [-0.1, -0.05) is 398 Å². The molecule has 0 saturated carbocycles. The van der Waals surface area contributed by atoms with Crippen molar-refractivity contribution in [2.45, 2.75) is 38.5 Å². The monoisotopic (exact) mass is 1450 g/mol.